The van der Waals surface area contributed by atoms with E-state index in [0.29, 0.717) is 65.6 Å². The van der Waals surface area contributed by atoms with Crippen molar-refractivity contribution in [1.82, 2.24) is 24.9 Å². The number of carbonyl (C=O) groups excluding carboxylic acids is 3. The van der Waals surface area contributed by atoms with Crippen molar-refractivity contribution in [2.45, 2.75) is 36.8 Å². The van der Waals surface area contributed by atoms with Crippen molar-refractivity contribution in [3.05, 3.63) is 153 Å². The molecule has 0 aromatic heterocycles. The molecule has 0 aliphatic carbocycles. The van der Waals surface area contributed by atoms with E-state index in [-0.39, 0.29) is 24.4 Å². The van der Waals surface area contributed by atoms with Gasteiger partial charge in [0.05, 0.1) is 11.1 Å². The number of primary amides is 1. The van der Waals surface area contributed by atoms with E-state index in [0.717, 1.165) is 23.1 Å². The first-order chi connectivity index (χ1) is 28.1. The van der Waals surface area contributed by atoms with Crippen LogP contribution in [0.4, 0.5) is 23.2 Å². The second kappa shape index (κ2) is 19.5. The van der Waals surface area contributed by atoms with Gasteiger partial charge in [0.25, 0.3) is 0 Å². The molecule has 2 aliphatic rings. The Labute approximate surface area is 355 Å². The maximum absolute atomic E-state index is 14.7. The third-order valence-corrected chi connectivity index (χ3v) is 11.0. The van der Waals surface area contributed by atoms with Gasteiger partial charge in [-0.05, 0) is 103 Å². The molecule has 0 saturated heterocycles. The molecule has 0 bridgehead atoms. The zero-order valence-electron chi connectivity index (χ0n) is 33.7. The lowest BCUT2D eigenvalue weighted by molar-refractivity contribution is 0.130. The number of hydrogen-bond acceptors (Lipinski definition) is 4. The molecule has 2 heterocycles. The monoisotopic (exact) mass is 845 g/mol. The van der Waals surface area contributed by atoms with E-state index in [1.54, 1.807) is 55.0 Å². The van der Waals surface area contributed by atoms with Gasteiger partial charge < -0.3 is 36.4 Å². The van der Waals surface area contributed by atoms with E-state index in [1.165, 1.54) is 29.2 Å². The third-order valence-electron chi connectivity index (χ3n) is 10.6. The highest BCUT2D eigenvalue weighted by Gasteiger charge is 2.46. The van der Waals surface area contributed by atoms with Crippen molar-refractivity contribution in [3.63, 3.8) is 0 Å². The molecule has 5 N–H and O–H groups in total. The minimum Gasteiger partial charge on any atom is -0.352 e. The predicted octanol–water partition coefficient (Wildman–Crippen LogP) is 8.70. The Morgan fingerprint density at radius 2 is 1.08 bits per heavy atom. The molecule has 2 atom stereocenters. The van der Waals surface area contributed by atoms with E-state index < -0.39 is 22.9 Å². The first kappa shape index (κ1) is 44.7. The van der Waals surface area contributed by atoms with Crippen LogP contribution < -0.4 is 16.8 Å². The molecular weight excluding hydrogens is 795 g/mol. The Balaban J connectivity index is 0.000000225. The Hall–Kier alpha value is -5.43. The topological polar surface area (TPSA) is 128 Å². The molecule has 2 aliphatic heterocycles. The number of halogens is 4. The van der Waals surface area contributed by atoms with Crippen molar-refractivity contribution >= 4 is 52.4 Å². The third kappa shape index (κ3) is 10.1. The van der Waals surface area contributed by atoms with Crippen LogP contribution in [0, 0.1) is 11.6 Å². The van der Waals surface area contributed by atoms with E-state index in [2.05, 4.69) is 5.32 Å². The van der Waals surface area contributed by atoms with Crippen LogP contribution in [0.3, 0.4) is 0 Å². The van der Waals surface area contributed by atoms with E-state index >= 15 is 0 Å². The summed E-state index contributed by atoms with van der Waals surface area (Å²) < 4.78 is 29.3. The Bertz CT molecular complexity index is 2190. The highest BCUT2D eigenvalue weighted by atomic mass is 35.5. The molecule has 2 unspecified atom stereocenters. The normalized spacial score (nSPS) is 18.4. The summed E-state index contributed by atoms with van der Waals surface area (Å²) in [5, 5.41) is 3.47. The minimum atomic E-state index is -0.813. The van der Waals surface area contributed by atoms with Gasteiger partial charge in [-0.15, -0.1) is 0 Å². The summed E-state index contributed by atoms with van der Waals surface area (Å²) in [5.41, 5.74) is 13.6. The highest BCUT2D eigenvalue weighted by Crippen LogP contribution is 2.46. The van der Waals surface area contributed by atoms with Crippen LogP contribution in [-0.4, -0.2) is 92.1 Å². The van der Waals surface area contributed by atoms with Crippen molar-refractivity contribution in [2.75, 3.05) is 54.4 Å². The van der Waals surface area contributed by atoms with Crippen LogP contribution in [0.1, 0.15) is 47.9 Å². The molecule has 4 aromatic rings. The Morgan fingerprint density at radius 3 is 1.46 bits per heavy atom. The van der Waals surface area contributed by atoms with Gasteiger partial charge in [-0.2, -0.15) is 0 Å². The lowest BCUT2D eigenvalue weighted by atomic mass is 9.84. The zero-order valence-corrected chi connectivity index (χ0v) is 35.2. The summed E-state index contributed by atoms with van der Waals surface area (Å²) >= 11 is 12.2. The fourth-order valence-electron chi connectivity index (χ4n) is 7.79. The fourth-order valence-corrected chi connectivity index (χ4v) is 8.14. The number of hydrogen-bond donors (Lipinski definition) is 3. The first-order valence-electron chi connectivity index (χ1n) is 19.3. The quantitative estimate of drug-likeness (QED) is 0.131. The number of urea groups is 3. The second-order valence-corrected chi connectivity index (χ2v) is 15.9. The molecule has 312 valence electrons. The predicted molar refractivity (Wildman–Crippen MR) is 232 cm³/mol. The second-order valence-electron chi connectivity index (χ2n) is 15.0. The molecule has 59 heavy (non-hydrogen) atoms. The van der Waals surface area contributed by atoms with Crippen LogP contribution in [0.2, 0.25) is 10.0 Å². The molecule has 14 heteroatoms. The van der Waals surface area contributed by atoms with E-state index in [4.69, 9.17) is 34.7 Å². The van der Waals surface area contributed by atoms with Gasteiger partial charge in [0.2, 0.25) is 0 Å². The van der Waals surface area contributed by atoms with Crippen LogP contribution in [-0.2, 0) is 11.1 Å². The molecule has 6 amide bonds. The first-order valence-corrected chi connectivity index (χ1v) is 20.1. The van der Waals surface area contributed by atoms with E-state index in [9.17, 15) is 23.2 Å². The maximum atomic E-state index is 14.7. The highest BCUT2D eigenvalue weighted by molar-refractivity contribution is 6.31. The van der Waals surface area contributed by atoms with Crippen LogP contribution in [0.25, 0.3) is 11.1 Å². The largest absolute Gasteiger partial charge is 0.352 e. The van der Waals surface area contributed by atoms with Crippen molar-refractivity contribution < 1.29 is 23.2 Å². The summed E-state index contributed by atoms with van der Waals surface area (Å²) in [5.74, 6) is -0.747. The summed E-state index contributed by atoms with van der Waals surface area (Å²) in [6, 6.07) is 27.4. The van der Waals surface area contributed by atoms with Gasteiger partial charge in [-0.25, -0.2) is 23.2 Å². The fraction of sp³-hybridized carbons (Fsp3) is 0.311. The average molecular weight is 847 g/mol. The summed E-state index contributed by atoms with van der Waals surface area (Å²) in [6.07, 6.45) is 6.42. The molecule has 0 spiro atoms. The number of nitrogens with zero attached hydrogens (tertiary/aromatic N) is 4. The van der Waals surface area contributed by atoms with Crippen molar-refractivity contribution in [3.8, 4) is 0 Å². The summed E-state index contributed by atoms with van der Waals surface area (Å²) in [4.78, 5) is 44.0. The lowest BCUT2D eigenvalue weighted by Gasteiger charge is -2.40. The number of amides is 6. The SMILES string of the molecule is CN(C)C(=O)N1CC(c2cc(Cl)ccc2F)=CC1(CCCN)c1ccccc1.CN(C)C(=O)N1CC(c2cc(Cl)ccc2F)=CC1(CCCNC(N)=O)c1ccccc1. The van der Waals surface area contributed by atoms with E-state index in [1.807, 2.05) is 72.8 Å². The van der Waals surface area contributed by atoms with Gasteiger partial charge in [0.1, 0.15) is 11.6 Å². The minimum absolute atomic E-state index is 0.130. The van der Waals surface area contributed by atoms with Crippen molar-refractivity contribution in [1.29, 1.82) is 0 Å². The van der Waals surface area contributed by atoms with Crippen LogP contribution in [0.15, 0.2) is 109 Å². The molecule has 4 aromatic carbocycles. The zero-order chi connectivity index (χ0) is 42.9. The van der Waals surface area contributed by atoms with Gasteiger partial charge in [0.15, 0.2) is 0 Å². The summed E-state index contributed by atoms with van der Waals surface area (Å²) in [6.45, 7) is 1.40. The van der Waals surface area contributed by atoms with Crippen molar-refractivity contribution in [2.24, 2.45) is 11.5 Å². The number of nitrogens with two attached hydrogens (primary N) is 2. The number of nitrogens with one attached hydrogen (secondary N) is 1. The molecular formula is C45H51Cl2F2N7O3. The number of carbonyl (C=O) groups is 3. The van der Waals surface area contributed by atoms with Gasteiger partial charge in [0, 0.05) is 69.0 Å². The smallest absolute Gasteiger partial charge is 0.320 e. The van der Waals surface area contributed by atoms with Crippen LogP contribution in [0.5, 0.6) is 0 Å². The molecule has 0 fully saturated rings. The van der Waals surface area contributed by atoms with Crippen LogP contribution >= 0.6 is 23.2 Å². The Morgan fingerprint density at radius 1 is 0.678 bits per heavy atom. The molecule has 0 radical (unpaired) electrons. The number of benzene rings is 4. The maximum Gasteiger partial charge on any atom is 0.320 e. The Kier molecular flexibility index (Phi) is 14.8. The summed E-state index contributed by atoms with van der Waals surface area (Å²) in [7, 11) is 6.81. The van der Waals surface area contributed by atoms with Gasteiger partial charge in [-0.3, -0.25) is 0 Å². The van der Waals surface area contributed by atoms with Gasteiger partial charge in [-0.1, -0.05) is 83.9 Å². The van der Waals surface area contributed by atoms with Gasteiger partial charge >= 0.3 is 18.1 Å². The molecule has 0 saturated carbocycles. The average Bonchev–Trinajstić information content (AvgIpc) is 3.81. The molecule has 6 rings (SSSR count). The molecule has 10 nitrogen and oxygen atoms in total. The number of rotatable bonds is 11. The standard InChI is InChI=1S/C23H26ClFN4O2.C22H25ClFN3O/c1-28(2)22(31)29-15-16(19-13-18(24)9-10-20(19)25)14-23(29,11-6-12-27-21(26)30)17-7-4-3-5-8-17;1-26(2)21(28)27-15-16(19-13-18(23)9-10-20(19)24)14-22(27,11-6-12-25)17-7-4-3-5-8-17/h3-5,7-10,13-14H,6,11-12,15H2,1-2H3,(H3,26,27,30);3-5,7-10,13-14H,6,11-12,15,25H2,1-2H3. The lowest BCUT2D eigenvalue weighted by Crippen LogP contribution is -2.49.